The van der Waals surface area contributed by atoms with Crippen LogP contribution in [0.15, 0.2) is 16.6 Å². The Labute approximate surface area is 128 Å². The maximum absolute atomic E-state index is 5.74. The molecule has 0 aromatic heterocycles. The molecule has 112 valence electrons. The van der Waals surface area contributed by atoms with Crippen molar-refractivity contribution < 1.29 is 14.2 Å². The Hall–Kier alpha value is -0.780. The maximum Gasteiger partial charge on any atom is 0.161 e. The van der Waals surface area contributed by atoms with E-state index in [9.17, 15) is 0 Å². The largest absolute Gasteiger partial charge is 0.493 e. The molecule has 0 amide bonds. The molecule has 1 fully saturated rings. The molecule has 0 radical (unpaired) electrons. The van der Waals surface area contributed by atoms with E-state index in [4.69, 9.17) is 14.2 Å². The summed E-state index contributed by atoms with van der Waals surface area (Å²) >= 11 is 3.63. The predicted octanol–water partition coefficient (Wildman–Crippen LogP) is 3.30. The normalized spacial score (nSPS) is 19.9. The van der Waals surface area contributed by atoms with E-state index in [2.05, 4.69) is 21.2 Å². The fourth-order valence-corrected chi connectivity index (χ4v) is 3.23. The van der Waals surface area contributed by atoms with Crippen molar-refractivity contribution in [3.8, 4) is 11.5 Å². The third kappa shape index (κ3) is 3.45. The number of methoxy groups -OCH3 is 2. The van der Waals surface area contributed by atoms with Crippen molar-refractivity contribution in [3.63, 3.8) is 0 Å². The van der Waals surface area contributed by atoms with Gasteiger partial charge < -0.3 is 19.5 Å². The lowest BCUT2D eigenvalue weighted by atomic mass is 9.99. The first-order valence-electron chi connectivity index (χ1n) is 6.89. The molecule has 1 heterocycles. The summed E-state index contributed by atoms with van der Waals surface area (Å²) < 4.78 is 17.5. The van der Waals surface area contributed by atoms with Crippen LogP contribution in [0.4, 0.5) is 0 Å². The summed E-state index contributed by atoms with van der Waals surface area (Å²) in [5, 5.41) is 3.37. The number of nitrogens with one attached hydrogen (secondary N) is 1. The van der Waals surface area contributed by atoms with Crippen molar-refractivity contribution >= 4 is 15.9 Å². The highest BCUT2D eigenvalue weighted by molar-refractivity contribution is 9.10. The minimum Gasteiger partial charge on any atom is -0.493 e. The summed E-state index contributed by atoms with van der Waals surface area (Å²) in [5.41, 5.74) is 1.17. The van der Waals surface area contributed by atoms with Gasteiger partial charge in [-0.3, -0.25) is 0 Å². The summed E-state index contributed by atoms with van der Waals surface area (Å²) in [6, 6.07) is 4.21. The lowest BCUT2D eigenvalue weighted by Gasteiger charge is -2.22. The average Bonchev–Trinajstić information content (AvgIpc) is 2.97. The number of hydrogen-bond acceptors (Lipinski definition) is 4. The molecule has 2 atom stereocenters. The van der Waals surface area contributed by atoms with E-state index in [0.717, 1.165) is 41.8 Å². The Bertz CT molecular complexity index is 447. The van der Waals surface area contributed by atoms with Gasteiger partial charge in [0.15, 0.2) is 11.5 Å². The fraction of sp³-hybridized carbons (Fsp3) is 0.600. The summed E-state index contributed by atoms with van der Waals surface area (Å²) in [6.45, 7) is 0.883. The SMILES string of the molecule is CNC(CC1CCCO1)c1cc(OC)c(OC)cc1Br. The molecule has 1 aliphatic heterocycles. The van der Waals surface area contributed by atoms with E-state index in [1.807, 2.05) is 19.2 Å². The van der Waals surface area contributed by atoms with Gasteiger partial charge in [0.25, 0.3) is 0 Å². The van der Waals surface area contributed by atoms with Gasteiger partial charge in [-0.2, -0.15) is 0 Å². The van der Waals surface area contributed by atoms with Crippen molar-refractivity contribution in [2.45, 2.75) is 31.4 Å². The number of benzene rings is 1. The fourth-order valence-electron chi connectivity index (χ4n) is 2.63. The highest BCUT2D eigenvalue weighted by atomic mass is 79.9. The van der Waals surface area contributed by atoms with Gasteiger partial charge in [-0.1, -0.05) is 15.9 Å². The molecular weight excluding hydrogens is 322 g/mol. The smallest absolute Gasteiger partial charge is 0.161 e. The summed E-state index contributed by atoms with van der Waals surface area (Å²) in [5.74, 6) is 1.48. The first-order chi connectivity index (χ1) is 9.69. The zero-order chi connectivity index (χ0) is 14.5. The molecule has 0 aliphatic carbocycles. The van der Waals surface area contributed by atoms with Gasteiger partial charge in [0.1, 0.15) is 0 Å². The van der Waals surface area contributed by atoms with Crippen LogP contribution in [-0.2, 0) is 4.74 Å². The standard InChI is InChI=1S/C15H22BrNO3/c1-17-13(7-10-5-4-6-20-10)11-8-14(18-2)15(19-3)9-12(11)16/h8-10,13,17H,4-7H2,1-3H3. The summed E-state index contributed by atoms with van der Waals surface area (Å²) in [6.07, 6.45) is 3.61. The van der Waals surface area contributed by atoms with Crippen LogP contribution < -0.4 is 14.8 Å². The molecular formula is C15H22BrNO3. The Morgan fingerprint density at radius 2 is 2.05 bits per heavy atom. The minimum absolute atomic E-state index is 0.229. The number of halogens is 1. The van der Waals surface area contributed by atoms with Gasteiger partial charge >= 0.3 is 0 Å². The van der Waals surface area contributed by atoms with Crippen LogP contribution in [-0.4, -0.2) is 34.0 Å². The van der Waals surface area contributed by atoms with E-state index >= 15 is 0 Å². The molecule has 0 spiro atoms. The third-order valence-electron chi connectivity index (χ3n) is 3.75. The molecule has 20 heavy (non-hydrogen) atoms. The van der Waals surface area contributed by atoms with E-state index in [1.54, 1.807) is 14.2 Å². The second-order valence-electron chi connectivity index (χ2n) is 4.94. The van der Waals surface area contributed by atoms with E-state index in [-0.39, 0.29) is 6.04 Å². The highest BCUT2D eigenvalue weighted by Crippen LogP contribution is 2.37. The second-order valence-corrected chi connectivity index (χ2v) is 5.80. The van der Waals surface area contributed by atoms with Gasteiger partial charge in [-0.05, 0) is 44.0 Å². The molecule has 2 unspecified atom stereocenters. The topological polar surface area (TPSA) is 39.7 Å². The van der Waals surface area contributed by atoms with Crippen LogP contribution in [0.3, 0.4) is 0 Å². The third-order valence-corrected chi connectivity index (χ3v) is 4.44. The van der Waals surface area contributed by atoms with Crippen LogP contribution in [0.25, 0.3) is 0 Å². The second kappa shape index (κ2) is 7.29. The quantitative estimate of drug-likeness (QED) is 0.860. The van der Waals surface area contributed by atoms with Crippen LogP contribution >= 0.6 is 15.9 Å². The first kappa shape index (κ1) is 15.6. The molecule has 1 aliphatic rings. The van der Waals surface area contributed by atoms with Gasteiger partial charge in [0, 0.05) is 17.1 Å². The monoisotopic (exact) mass is 343 g/mol. The molecule has 0 bridgehead atoms. The Morgan fingerprint density at radius 3 is 2.60 bits per heavy atom. The zero-order valence-corrected chi connectivity index (χ0v) is 13.8. The van der Waals surface area contributed by atoms with E-state index in [1.165, 1.54) is 5.56 Å². The molecule has 1 aromatic carbocycles. The van der Waals surface area contributed by atoms with E-state index in [0.29, 0.717) is 6.10 Å². The Balaban J connectivity index is 2.23. The number of rotatable bonds is 6. The first-order valence-corrected chi connectivity index (χ1v) is 7.69. The van der Waals surface area contributed by atoms with Gasteiger partial charge in [0.05, 0.1) is 20.3 Å². The van der Waals surface area contributed by atoms with Crippen LogP contribution in [0, 0.1) is 0 Å². The lowest BCUT2D eigenvalue weighted by Crippen LogP contribution is -2.22. The molecule has 0 saturated carbocycles. The van der Waals surface area contributed by atoms with Crippen LogP contribution in [0.1, 0.15) is 30.9 Å². The van der Waals surface area contributed by atoms with Crippen molar-refractivity contribution in [3.05, 3.63) is 22.2 Å². The Kier molecular flexibility index (Phi) is 5.69. The maximum atomic E-state index is 5.74. The molecule has 2 rings (SSSR count). The summed E-state index contributed by atoms with van der Waals surface area (Å²) in [7, 11) is 5.28. The molecule has 1 saturated heterocycles. The van der Waals surface area contributed by atoms with Crippen LogP contribution in [0.5, 0.6) is 11.5 Å². The molecule has 1 N–H and O–H groups in total. The molecule has 1 aromatic rings. The van der Waals surface area contributed by atoms with Crippen LogP contribution in [0.2, 0.25) is 0 Å². The van der Waals surface area contributed by atoms with E-state index < -0.39 is 0 Å². The predicted molar refractivity (Wildman–Crippen MR) is 82.6 cm³/mol. The zero-order valence-electron chi connectivity index (χ0n) is 12.2. The van der Waals surface area contributed by atoms with Gasteiger partial charge in [0.2, 0.25) is 0 Å². The highest BCUT2D eigenvalue weighted by Gasteiger charge is 2.23. The minimum atomic E-state index is 0.229. The summed E-state index contributed by atoms with van der Waals surface area (Å²) in [4.78, 5) is 0. The molecule has 5 heteroatoms. The number of hydrogen-bond donors (Lipinski definition) is 1. The van der Waals surface area contributed by atoms with Crippen molar-refractivity contribution in [1.82, 2.24) is 5.32 Å². The van der Waals surface area contributed by atoms with Gasteiger partial charge in [-0.25, -0.2) is 0 Å². The van der Waals surface area contributed by atoms with Crippen molar-refractivity contribution in [2.24, 2.45) is 0 Å². The average molecular weight is 344 g/mol. The Morgan fingerprint density at radius 1 is 1.35 bits per heavy atom. The van der Waals surface area contributed by atoms with Crippen molar-refractivity contribution in [2.75, 3.05) is 27.9 Å². The number of ether oxygens (including phenoxy) is 3. The molecule has 4 nitrogen and oxygen atoms in total. The van der Waals surface area contributed by atoms with Crippen molar-refractivity contribution in [1.29, 1.82) is 0 Å². The van der Waals surface area contributed by atoms with Gasteiger partial charge in [-0.15, -0.1) is 0 Å². The lowest BCUT2D eigenvalue weighted by molar-refractivity contribution is 0.0953.